The lowest BCUT2D eigenvalue weighted by Crippen LogP contribution is -2.36. The molecule has 1 aliphatic heterocycles. The van der Waals surface area contributed by atoms with Gasteiger partial charge in [0, 0.05) is 18.2 Å². The number of benzene rings is 2. The van der Waals surface area contributed by atoms with Crippen LogP contribution in [0.1, 0.15) is 41.7 Å². The van der Waals surface area contributed by atoms with Crippen molar-refractivity contribution in [1.29, 1.82) is 0 Å². The molecule has 1 unspecified atom stereocenters. The van der Waals surface area contributed by atoms with Gasteiger partial charge in [0.2, 0.25) is 10.0 Å². The van der Waals surface area contributed by atoms with Crippen LogP contribution < -0.4 is 9.46 Å². The summed E-state index contributed by atoms with van der Waals surface area (Å²) in [5.74, 6) is 0.681. The average Bonchev–Trinajstić information content (AvgIpc) is 3.23. The molecule has 0 bridgehead atoms. The SMILES string of the molecule is COc1ccc(C(CNS(=O)(=O)c2ccc(C(C)=O)cc2)N2CCCC2)cc1. The van der Waals surface area contributed by atoms with Crippen LogP contribution >= 0.6 is 0 Å². The zero-order chi connectivity index (χ0) is 20.1. The third-order valence-corrected chi connectivity index (χ3v) is 6.56. The normalized spacial score (nSPS) is 16.1. The quantitative estimate of drug-likeness (QED) is 0.687. The van der Waals surface area contributed by atoms with Crippen LogP contribution in [-0.4, -0.2) is 45.8 Å². The van der Waals surface area contributed by atoms with E-state index in [0.29, 0.717) is 5.56 Å². The van der Waals surface area contributed by atoms with Gasteiger partial charge in [0.1, 0.15) is 5.75 Å². The lowest BCUT2D eigenvalue weighted by atomic mass is 10.1. The van der Waals surface area contributed by atoms with Crippen LogP contribution in [0.5, 0.6) is 5.75 Å². The second-order valence-corrected chi connectivity index (χ2v) is 8.73. The standard InChI is InChI=1S/C21H26N2O4S/c1-16(24)17-7-11-20(12-8-17)28(25,26)22-15-21(23-13-3-4-14-23)18-5-9-19(27-2)10-6-18/h5-12,21-22H,3-4,13-15H2,1-2H3. The third-order valence-electron chi connectivity index (χ3n) is 5.12. The van der Waals surface area contributed by atoms with E-state index in [1.165, 1.54) is 19.1 Å². The topological polar surface area (TPSA) is 75.7 Å². The number of nitrogens with zero attached hydrogens (tertiary/aromatic N) is 1. The highest BCUT2D eigenvalue weighted by Gasteiger charge is 2.25. The van der Waals surface area contributed by atoms with Crippen LogP contribution in [0.15, 0.2) is 53.4 Å². The number of rotatable bonds is 8. The Hall–Kier alpha value is -2.22. The molecule has 0 amide bonds. The molecule has 0 saturated carbocycles. The van der Waals surface area contributed by atoms with Crippen molar-refractivity contribution in [3.8, 4) is 5.75 Å². The number of hydrogen-bond donors (Lipinski definition) is 1. The van der Waals surface area contributed by atoms with E-state index in [1.54, 1.807) is 19.2 Å². The molecule has 2 aromatic carbocycles. The number of hydrogen-bond acceptors (Lipinski definition) is 5. The van der Waals surface area contributed by atoms with Gasteiger partial charge in [-0.25, -0.2) is 13.1 Å². The highest BCUT2D eigenvalue weighted by Crippen LogP contribution is 2.26. The minimum atomic E-state index is -3.66. The predicted octanol–water partition coefficient (Wildman–Crippen LogP) is 3.01. The van der Waals surface area contributed by atoms with Gasteiger partial charge in [-0.3, -0.25) is 9.69 Å². The number of sulfonamides is 1. The number of likely N-dealkylation sites (tertiary alicyclic amines) is 1. The van der Waals surface area contributed by atoms with Gasteiger partial charge < -0.3 is 4.74 Å². The zero-order valence-electron chi connectivity index (χ0n) is 16.2. The molecule has 1 aliphatic rings. The van der Waals surface area contributed by atoms with Crippen LogP contribution in [0, 0.1) is 0 Å². The Labute approximate surface area is 166 Å². The van der Waals surface area contributed by atoms with E-state index in [0.717, 1.165) is 37.2 Å². The van der Waals surface area contributed by atoms with E-state index >= 15 is 0 Å². The van der Waals surface area contributed by atoms with Gasteiger partial charge in [-0.2, -0.15) is 0 Å². The fourth-order valence-corrected chi connectivity index (χ4v) is 4.52. The minimum Gasteiger partial charge on any atom is -0.497 e. The van der Waals surface area contributed by atoms with E-state index < -0.39 is 10.0 Å². The van der Waals surface area contributed by atoms with Crippen molar-refractivity contribution in [3.63, 3.8) is 0 Å². The molecule has 1 atom stereocenters. The first kappa shape index (κ1) is 20.5. The van der Waals surface area contributed by atoms with E-state index in [4.69, 9.17) is 4.74 Å². The number of methoxy groups -OCH3 is 1. The molecule has 150 valence electrons. The molecule has 1 saturated heterocycles. The van der Waals surface area contributed by atoms with Gasteiger partial charge in [-0.15, -0.1) is 0 Å². The first-order valence-corrected chi connectivity index (χ1v) is 10.9. The van der Waals surface area contributed by atoms with Gasteiger partial charge in [-0.05, 0) is 62.7 Å². The summed E-state index contributed by atoms with van der Waals surface area (Å²) in [7, 11) is -2.04. The summed E-state index contributed by atoms with van der Waals surface area (Å²) in [5, 5.41) is 0. The Morgan fingerprint density at radius 3 is 2.21 bits per heavy atom. The Balaban J connectivity index is 1.77. The lowest BCUT2D eigenvalue weighted by molar-refractivity contribution is 0.101. The van der Waals surface area contributed by atoms with E-state index in [-0.39, 0.29) is 23.3 Å². The Kier molecular flexibility index (Phi) is 6.49. The molecular weight excluding hydrogens is 376 g/mol. The van der Waals surface area contributed by atoms with Crippen LogP contribution in [-0.2, 0) is 10.0 Å². The maximum absolute atomic E-state index is 12.7. The monoisotopic (exact) mass is 402 g/mol. The predicted molar refractivity (Wildman–Crippen MR) is 108 cm³/mol. The smallest absolute Gasteiger partial charge is 0.240 e. The van der Waals surface area contributed by atoms with Crippen molar-refractivity contribution < 1.29 is 17.9 Å². The molecule has 6 nitrogen and oxygen atoms in total. The summed E-state index contributed by atoms with van der Waals surface area (Å²) in [6.45, 7) is 3.64. The van der Waals surface area contributed by atoms with Gasteiger partial charge in [0.25, 0.3) is 0 Å². The minimum absolute atomic E-state index is 0.0420. The second-order valence-electron chi connectivity index (χ2n) is 6.96. The number of Topliss-reactive ketones (excluding diaryl/α,β-unsaturated/α-hetero) is 1. The van der Waals surface area contributed by atoms with Crippen molar-refractivity contribution in [2.45, 2.75) is 30.7 Å². The van der Waals surface area contributed by atoms with Gasteiger partial charge in [0.15, 0.2) is 5.78 Å². The summed E-state index contributed by atoms with van der Waals surface area (Å²) < 4.78 is 33.4. The van der Waals surface area contributed by atoms with Gasteiger partial charge in [0.05, 0.1) is 12.0 Å². The fourth-order valence-electron chi connectivity index (χ4n) is 3.48. The van der Waals surface area contributed by atoms with Crippen molar-refractivity contribution in [2.24, 2.45) is 0 Å². The molecule has 1 N–H and O–H groups in total. The van der Waals surface area contributed by atoms with E-state index in [2.05, 4.69) is 9.62 Å². The summed E-state index contributed by atoms with van der Waals surface area (Å²) in [6.07, 6.45) is 2.23. The first-order chi connectivity index (χ1) is 13.4. The molecule has 0 aliphatic carbocycles. The van der Waals surface area contributed by atoms with E-state index in [9.17, 15) is 13.2 Å². The number of carbonyl (C=O) groups is 1. The number of carbonyl (C=O) groups excluding carboxylic acids is 1. The third kappa shape index (κ3) is 4.79. The molecule has 1 fully saturated rings. The highest BCUT2D eigenvalue weighted by atomic mass is 32.2. The second kappa shape index (κ2) is 8.86. The van der Waals surface area contributed by atoms with Crippen molar-refractivity contribution in [1.82, 2.24) is 9.62 Å². The van der Waals surface area contributed by atoms with Crippen molar-refractivity contribution in [2.75, 3.05) is 26.7 Å². The van der Waals surface area contributed by atoms with Gasteiger partial charge >= 0.3 is 0 Å². The summed E-state index contributed by atoms with van der Waals surface area (Å²) in [6, 6.07) is 13.7. The Morgan fingerprint density at radius 1 is 1.07 bits per heavy atom. The average molecular weight is 403 g/mol. The molecule has 0 spiro atoms. The maximum atomic E-state index is 12.7. The molecule has 7 heteroatoms. The molecule has 0 radical (unpaired) electrons. The molecule has 1 heterocycles. The number of ketones is 1. The van der Waals surface area contributed by atoms with E-state index in [1.807, 2.05) is 24.3 Å². The van der Waals surface area contributed by atoms with Crippen molar-refractivity contribution in [3.05, 3.63) is 59.7 Å². The van der Waals surface area contributed by atoms with Gasteiger partial charge in [-0.1, -0.05) is 24.3 Å². The largest absolute Gasteiger partial charge is 0.497 e. The molecule has 0 aromatic heterocycles. The van der Waals surface area contributed by atoms with Crippen LogP contribution in [0.25, 0.3) is 0 Å². The molecule has 28 heavy (non-hydrogen) atoms. The first-order valence-electron chi connectivity index (χ1n) is 9.39. The highest BCUT2D eigenvalue weighted by molar-refractivity contribution is 7.89. The molecule has 3 rings (SSSR count). The lowest BCUT2D eigenvalue weighted by Gasteiger charge is -2.28. The van der Waals surface area contributed by atoms with Crippen molar-refractivity contribution >= 4 is 15.8 Å². The summed E-state index contributed by atoms with van der Waals surface area (Å²) >= 11 is 0. The summed E-state index contributed by atoms with van der Waals surface area (Å²) in [4.78, 5) is 13.9. The Bertz CT molecular complexity index is 902. The molecule has 2 aromatic rings. The fraction of sp³-hybridized carbons (Fsp3) is 0.381. The summed E-state index contributed by atoms with van der Waals surface area (Å²) in [5.41, 5.74) is 1.55. The number of nitrogens with one attached hydrogen (secondary N) is 1. The van der Waals surface area contributed by atoms with Crippen LogP contribution in [0.2, 0.25) is 0 Å². The maximum Gasteiger partial charge on any atom is 0.240 e. The van der Waals surface area contributed by atoms with Crippen LogP contribution in [0.4, 0.5) is 0 Å². The van der Waals surface area contributed by atoms with Crippen LogP contribution in [0.3, 0.4) is 0 Å². The molecular formula is C21H26N2O4S. The zero-order valence-corrected chi connectivity index (χ0v) is 17.0. The Morgan fingerprint density at radius 2 is 1.68 bits per heavy atom. The number of ether oxygens (including phenoxy) is 1.